The van der Waals surface area contributed by atoms with Crippen LogP contribution in [0.5, 0.6) is 0 Å². The first-order valence-corrected chi connectivity index (χ1v) is 14.4. The topological polar surface area (TPSA) is 33.1 Å². The number of para-hydroxylation sites is 4. The summed E-state index contributed by atoms with van der Waals surface area (Å²) in [5, 5.41) is 6.14. The van der Waals surface area contributed by atoms with Crippen LogP contribution in [0, 0.1) is 0 Å². The molecule has 0 fully saturated rings. The zero-order valence-corrected chi connectivity index (χ0v) is 23.6. The highest BCUT2D eigenvalue weighted by Gasteiger charge is 2.26. The first kappa shape index (κ1) is 24.4. The zero-order chi connectivity index (χ0) is 28.2. The molecule has 6 aromatic carbocycles. The van der Waals surface area contributed by atoms with Crippen LogP contribution in [0.3, 0.4) is 0 Å². The Kier molecular flexibility index (Phi) is 5.61. The quantitative estimate of drug-likeness (QED) is 0.241. The molecule has 42 heavy (non-hydrogen) atoms. The van der Waals surface area contributed by atoms with Crippen molar-refractivity contribution in [3.8, 4) is 33.6 Å². The molecule has 0 radical (unpaired) electrons. The Labute approximate surface area is 245 Å². The molecule has 7 aromatic rings. The van der Waals surface area contributed by atoms with Crippen LogP contribution < -0.4 is 10.2 Å². The van der Waals surface area contributed by atoms with E-state index in [0.717, 1.165) is 22.4 Å². The van der Waals surface area contributed by atoms with E-state index in [-0.39, 0.29) is 6.17 Å². The molecule has 1 aromatic heterocycles. The maximum Gasteiger partial charge on any atom is 0.140 e. The van der Waals surface area contributed by atoms with Gasteiger partial charge in [-0.3, -0.25) is 0 Å². The van der Waals surface area contributed by atoms with Crippen molar-refractivity contribution in [1.29, 1.82) is 0 Å². The predicted octanol–water partition coefficient (Wildman–Crippen LogP) is 9.29. The summed E-state index contributed by atoms with van der Waals surface area (Å²) in [6.07, 6.45) is 0.109. The Morgan fingerprint density at radius 2 is 1.24 bits per heavy atom. The highest BCUT2D eigenvalue weighted by molar-refractivity contribution is 5.91. The van der Waals surface area contributed by atoms with Crippen molar-refractivity contribution in [2.75, 3.05) is 17.3 Å². The second-order valence-corrected chi connectivity index (χ2v) is 11.1. The minimum absolute atomic E-state index is 0.109. The highest BCUT2D eigenvalue weighted by atomic mass is 15.3. The van der Waals surface area contributed by atoms with Gasteiger partial charge in [-0.05, 0) is 87.1 Å². The first-order chi connectivity index (χ1) is 20.6. The van der Waals surface area contributed by atoms with Crippen molar-refractivity contribution in [2.45, 2.75) is 6.17 Å². The number of hydrogen-bond donors (Lipinski definition) is 1. The Balaban J connectivity index is 1.13. The fraction of sp³-hybridized carbons (Fsp3) is 0.0789. The normalized spacial score (nSPS) is 14.3. The molecule has 4 heteroatoms. The second-order valence-electron chi connectivity index (χ2n) is 11.1. The molecule has 0 saturated carbocycles. The summed E-state index contributed by atoms with van der Waals surface area (Å²) in [7, 11) is 4.24. The number of nitrogens with zero attached hydrogens (tertiary/aromatic N) is 3. The van der Waals surface area contributed by atoms with Crippen LogP contribution >= 0.6 is 0 Å². The number of nitrogens with one attached hydrogen (secondary N) is 1. The number of benzene rings is 6. The van der Waals surface area contributed by atoms with E-state index in [1.165, 1.54) is 50.0 Å². The number of aromatic nitrogens is 2. The van der Waals surface area contributed by atoms with Crippen molar-refractivity contribution in [3.63, 3.8) is 0 Å². The number of fused-ring (bicyclic) bond motifs is 3. The van der Waals surface area contributed by atoms with E-state index in [4.69, 9.17) is 4.98 Å². The summed E-state index contributed by atoms with van der Waals surface area (Å²) in [6.45, 7) is 0. The molecule has 0 spiro atoms. The third-order valence-corrected chi connectivity index (χ3v) is 8.58. The average Bonchev–Trinajstić information content (AvgIpc) is 3.57. The van der Waals surface area contributed by atoms with E-state index in [1.807, 2.05) is 6.07 Å². The molecule has 4 nitrogen and oxygen atoms in total. The Hall–Kier alpha value is -5.35. The largest absolute Gasteiger partial charge is 0.360 e. The van der Waals surface area contributed by atoms with Crippen LogP contribution in [0.4, 0.5) is 11.4 Å². The fourth-order valence-corrected chi connectivity index (χ4v) is 6.33. The molecule has 1 aliphatic heterocycles. The maximum atomic E-state index is 4.92. The maximum absolute atomic E-state index is 4.92. The molecule has 1 atom stereocenters. The highest BCUT2D eigenvalue weighted by Crippen LogP contribution is 2.40. The van der Waals surface area contributed by atoms with Crippen LogP contribution in [-0.4, -0.2) is 16.6 Å². The van der Waals surface area contributed by atoms with Gasteiger partial charge in [0.2, 0.25) is 0 Å². The van der Waals surface area contributed by atoms with Crippen molar-refractivity contribution >= 4 is 33.2 Å². The van der Waals surface area contributed by atoms with E-state index < -0.39 is 0 Å². The van der Waals surface area contributed by atoms with Crippen molar-refractivity contribution in [2.24, 2.45) is 7.05 Å². The molecule has 0 aliphatic carbocycles. The van der Waals surface area contributed by atoms with Crippen molar-refractivity contribution < 1.29 is 0 Å². The molecule has 1 unspecified atom stereocenters. The summed E-state index contributed by atoms with van der Waals surface area (Å²) < 4.78 is 2.17. The van der Waals surface area contributed by atoms with E-state index in [0.29, 0.717) is 0 Å². The predicted molar refractivity (Wildman–Crippen MR) is 176 cm³/mol. The van der Waals surface area contributed by atoms with Gasteiger partial charge in [0, 0.05) is 19.7 Å². The molecule has 202 valence electrons. The van der Waals surface area contributed by atoms with Gasteiger partial charge in [-0.25, -0.2) is 4.98 Å². The van der Waals surface area contributed by atoms with Gasteiger partial charge in [0.05, 0.1) is 22.4 Å². The number of rotatable bonds is 4. The van der Waals surface area contributed by atoms with Crippen LogP contribution in [0.25, 0.3) is 55.4 Å². The molecule has 1 N–H and O–H groups in total. The van der Waals surface area contributed by atoms with Crippen LogP contribution in [0.15, 0.2) is 133 Å². The lowest BCUT2D eigenvalue weighted by atomic mass is 9.96. The minimum Gasteiger partial charge on any atom is -0.360 e. The second kappa shape index (κ2) is 9.64. The molecule has 2 heterocycles. The lowest BCUT2D eigenvalue weighted by Crippen LogP contribution is -2.23. The summed E-state index contributed by atoms with van der Waals surface area (Å²) >= 11 is 0. The molecular weight excluding hydrogens is 512 g/mol. The van der Waals surface area contributed by atoms with Gasteiger partial charge >= 0.3 is 0 Å². The first-order valence-electron chi connectivity index (χ1n) is 14.4. The zero-order valence-electron chi connectivity index (χ0n) is 23.6. The molecule has 1 aliphatic rings. The molecule has 0 bridgehead atoms. The average molecular weight is 543 g/mol. The summed E-state index contributed by atoms with van der Waals surface area (Å²) in [4.78, 5) is 7.23. The molecule has 0 saturated heterocycles. The van der Waals surface area contributed by atoms with E-state index in [9.17, 15) is 0 Å². The van der Waals surface area contributed by atoms with E-state index in [1.54, 1.807) is 0 Å². The van der Waals surface area contributed by atoms with Gasteiger partial charge in [0.15, 0.2) is 0 Å². The van der Waals surface area contributed by atoms with Gasteiger partial charge in [-0.15, -0.1) is 0 Å². The molecular formula is C38H30N4. The minimum atomic E-state index is 0.109. The van der Waals surface area contributed by atoms with E-state index >= 15 is 0 Å². The SMILES string of the molecule is CN1c2ccccc2NC1c1cccc(-c2ccc3ccc(-c4cccc(-c5nc6ccccc6n5C)c4)cc3c2)c1. The monoisotopic (exact) mass is 542 g/mol. The number of aryl methyl sites for hydroxylation is 1. The molecule has 8 rings (SSSR count). The Morgan fingerprint density at radius 3 is 2.02 bits per heavy atom. The van der Waals surface area contributed by atoms with E-state index in [2.05, 4.69) is 156 Å². The third-order valence-electron chi connectivity index (χ3n) is 8.58. The summed E-state index contributed by atoms with van der Waals surface area (Å²) in [6, 6.07) is 47.9. The van der Waals surface area contributed by atoms with Crippen LogP contribution in [0.2, 0.25) is 0 Å². The van der Waals surface area contributed by atoms with Gasteiger partial charge in [-0.1, -0.05) is 84.9 Å². The standard InChI is InChI=1S/C38H30N4/c1-41-35-15-5-3-13-33(35)39-37(41)30-11-7-9-26(21-30)28-19-17-25-18-20-29(24-32(25)23-28)27-10-8-12-31(22-27)38-40-34-14-4-6-16-36(34)42(38)2/h3-24,37,39H,1-2H3. The lowest BCUT2D eigenvalue weighted by molar-refractivity contribution is 0.792. The van der Waals surface area contributed by atoms with Crippen LogP contribution in [0.1, 0.15) is 11.7 Å². The van der Waals surface area contributed by atoms with Gasteiger partial charge in [0.1, 0.15) is 12.0 Å². The van der Waals surface area contributed by atoms with Crippen molar-refractivity contribution in [1.82, 2.24) is 9.55 Å². The van der Waals surface area contributed by atoms with Gasteiger partial charge < -0.3 is 14.8 Å². The number of anilines is 2. The Morgan fingerprint density at radius 1 is 0.571 bits per heavy atom. The third kappa shape index (κ3) is 4.03. The van der Waals surface area contributed by atoms with Gasteiger partial charge in [-0.2, -0.15) is 0 Å². The van der Waals surface area contributed by atoms with Crippen LogP contribution in [-0.2, 0) is 7.05 Å². The Bertz CT molecular complexity index is 2120. The summed E-state index contributed by atoms with van der Waals surface area (Å²) in [5.74, 6) is 0.978. The smallest absolute Gasteiger partial charge is 0.140 e. The van der Waals surface area contributed by atoms with Crippen molar-refractivity contribution in [3.05, 3.63) is 139 Å². The number of hydrogen-bond acceptors (Lipinski definition) is 3. The number of imidazole rings is 1. The summed E-state index contributed by atoms with van der Waals surface area (Å²) in [5.41, 5.74) is 11.7. The lowest BCUT2D eigenvalue weighted by Gasteiger charge is -2.23. The fourth-order valence-electron chi connectivity index (χ4n) is 6.33. The van der Waals surface area contributed by atoms with Gasteiger partial charge in [0.25, 0.3) is 0 Å². The molecule has 0 amide bonds.